The highest BCUT2D eigenvalue weighted by molar-refractivity contribution is 5.89. The molecule has 0 aliphatic heterocycles. The fourth-order valence-electron chi connectivity index (χ4n) is 2.18. The second-order valence-corrected chi connectivity index (χ2v) is 5.80. The van der Waals surface area contributed by atoms with Crippen LogP contribution in [0.5, 0.6) is 0 Å². The van der Waals surface area contributed by atoms with E-state index in [2.05, 4.69) is 16.0 Å². The maximum Gasteiger partial charge on any atom is 0.359 e. The van der Waals surface area contributed by atoms with Crippen molar-refractivity contribution in [2.45, 2.75) is 27.3 Å². The number of hydrogen-bond acceptors (Lipinski definition) is 5. The highest BCUT2D eigenvalue weighted by atomic mass is 16.5. The van der Waals surface area contributed by atoms with Gasteiger partial charge in [-0.2, -0.15) is 0 Å². The second kappa shape index (κ2) is 7.68. The molecule has 0 atom stereocenters. The van der Waals surface area contributed by atoms with Crippen LogP contribution in [0.1, 0.15) is 32.9 Å². The summed E-state index contributed by atoms with van der Waals surface area (Å²) in [6, 6.07) is 6.09. The number of amides is 1. The van der Waals surface area contributed by atoms with Crippen molar-refractivity contribution in [3.05, 3.63) is 58.7 Å². The number of hydrogen-bond donors (Lipinski definition) is 0. The van der Waals surface area contributed by atoms with E-state index in [1.54, 1.807) is 14.0 Å². The summed E-state index contributed by atoms with van der Waals surface area (Å²) in [7, 11) is 1.68. The first kappa shape index (κ1) is 17.6. The van der Waals surface area contributed by atoms with Crippen LogP contribution in [0, 0.1) is 20.8 Å². The third-order valence-corrected chi connectivity index (χ3v) is 3.65. The minimum Gasteiger partial charge on any atom is -0.451 e. The Kier molecular flexibility index (Phi) is 5.63. The molecule has 1 heterocycles. The molecule has 0 radical (unpaired) electrons. The summed E-state index contributed by atoms with van der Waals surface area (Å²) in [5, 5.41) is 0. The van der Waals surface area contributed by atoms with Crippen LogP contribution in [0.3, 0.4) is 0 Å². The molecule has 6 nitrogen and oxygen atoms in total. The van der Waals surface area contributed by atoms with Crippen LogP contribution in [0.2, 0.25) is 0 Å². The van der Waals surface area contributed by atoms with Crippen LogP contribution in [-0.2, 0) is 16.1 Å². The lowest BCUT2D eigenvalue weighted by molar-refractivity contribution is -0.133. The molecule has 2 aromatic rings. The molecule has 0 spiro atoms. The molecule has 0 fully saturated rings. The van der Waals surface area contributed by atoms with Gasteiger partial charge in [-0.15, -0.1) is 0 Å². The molecule has 0 saturated carbocycles. The van der Waals surface area contributed by atoms with Crippen LogP contribution in [0.4, 0.5) is 0 Å². The molecule has 0 N–H and O–H groups in total. The van der Waals surface area contributed by atoms with Gasteiger partial charge in [0.2, 0.25) is 0 Å². The summed E-state index contributed by atoms with van der Waals surface area (Å²) in [6.07, 6.45) is 2.81. The fraction of sp³-hybridized carbons (Fsp3) is 0.333. The molecular weight excluding hydrogens is 306 g/mol. The zero-order valence-electron chi connectivity index (χ0n) is 14.4. The number of carbonyl (C=O) groups excluding carboxylic acids is 2. The lowest BCUT2D eigenvalue weighted by Gasteiger charge is -2.18. The van der Waals surface area contributed by atoms with Crippen molar-refractivity contribution in [2.24, 2.45) is 0 Å². The highest BCUT2D eigenvalue weighted by Crippen LogP contribution is 2.12. The number of aromatic nitrogens is 2. The summed E-state index contributed by atoms with van der Waals surface area (Å²) in [5.74, 6) is -0.931. The van der Waals surface area contributed by atoms with Crippen molar-refractivity contribution in [1.82, 2.24) is 14.9 Å². The maximum absolute atomic E-state index is 12.1. The van der Waals surface area contributed by atoms with Crippen LogP contribution in [0.15, 0.2) is 30.6 Å². The molecule has 0 aliphatic rings. The average Bonchev–Trinajstić information content (AvgIpc) is 2.55. The summed E-state index contributed by atoms with van der Waals surface area (Å²) in [4.78, 5) is 33.4. The zero-order chi connectivity index (χ0) is 17.7. The van der Waals surface area contributed by atoms with Crippen molar-refractivity contribution in [2.75, 3.05) is 13.7 Å². The number of nitrogens with zero attached hydrogens (tertiary/aromatic N) is 3. The van der Waals surface area contributed by atoms with Gasteiger partial charge in [0.25, 0.3) is 5.91 Å². The molecule has 1 amide bonds. The minimum atomic E-state index is -0.657. The van der Waals surface area contributed by atoms with E-state index in [0.717, 1.165) is 11.1 Å². The van der Waals surface area contributed by atoms with E-state index >= 15 is 0 Å². The molecular formula is C18H21N3O3. The number of rotatable bonds is 5. The van der Waals surface area contributed by atoms with Gasteiger partial charge >= 0.3 is 5.97 Å². The third-order valence-electron chi connectivity index (χ3n) is 3.65. The molecule has 6 heteroatoms. The van der Waals surface area contributed by atoms with Gasteiger partial charge in [-0.1, -0.05) is 23.8 Å². The van der Waals surface area contributed by atoms with Gasteiger partial charge in [-0.05, 0) is 31.9 Å². The van der Waals surface area contributed by atoms with Gasteiger partial charge in [0.05, 0.1) is 11.9 Å². The van der Waals surface area contributed by atoms with Crippen molar-refractivity contribution >= 4 is 11.9 Å². The fourth-order valence-corrected chi connectivity index (χ4v) is 2.18. The molecule has 24 heavy (non-hydrogen) atoms. The van der Waals surface area contributed by atoms with E-state index in [1.165, 1.54) is 22.9 Å². The van der Waals surface area contributed by atoms with Crippen LogP contribution < -0.4 is 0 Å². The standard InChI is InChI=1S/C18H21N3O3/c1-12-5-6-15(13(2)7-12)10-21(4)17(22)11-24-18(23)16-9-19-14(3)8-20-16/h5-9H,10-11H2,1-4H3. The predicted molar refractivity (Wildman–Crippen MR) is 89.4 cm³/mol. The van der Waals surface area contributed by atoms with Crippen LogP contribution in [-0.4, -0.2) is 40.4 Å². The van der Waals surface area contributed by atoms with Crippen LogP contribution in [0.25, 0.3) is 0 Å². The SMILES string of the molecule is Cc1ccc(CN(C)C(=O)COC(=O)c2cnc(C)cn2)c(C)c1. The Balaban J connectivity index is 1.89. The van der Waals surface area contributed by atoms with Crippen molar-refractivity contribution in [1.29, 1.82) is 0 Å². The molecule has 126 valence electrons. The first-order valence-corrected chi connectivity index (χ1v) is 7.62. The van der Waals surface area contributed by atoms with E-state index in [0.29, 0.717) is 12.2 Å². The molecule has 0 bridgehead atoms. The first-order chi connectivity index (χ1) is 11.4. The number of esters is 1. The summed E-state index contributed by atoms with van der Waals surface area (Å²) in [5.41, 5.74) is 4.16. The monoisotopic (exact) mass is 327 g/mol. The molecule has 1 aromatic heterocycles. The second-order valence-electron chi connectivity index (χ2n) is 5.80. The van der Waals surface area contributed by atoms with E-state index in [4.69, 9.17) is 4.74 Å². The average molecular weight is 327 g/mol. The molecule has 0 unspecified atom stereocenters. The summed E-state index contributed by atoms with van der Waals surface area (Å²) in [6.45, 7) is 5.95. The Morgan fingerprint density at radius 2 is 1.88 bits per heavy atom. The normalized spacial score (nSPS) is 10.3. The number of likely N-dealkylation sites (N-methyl/N-ethyl adjacent to an activating group) is 1. The number of benzene rings is 1. The van der Waals surface area contributed by atoms with E-state index in [-0.39, 0.29) is 18.2 Å². The van der Waals surface area contributed by atoms with Crippen molar-refractivity contribution in [3.8, 4) is 0 Å². The summed E-state index contributed by atoms with van der Waals surface area (Å²) < 4.78 is 5.01. The molecule has 0 aliphatic carbocycles. The highest BCUT2D eigenvalue weighted by Gasteiger charge is 2.15. The van der Waals surface area contributed by atoms with Gasteiger partial charge in [0, 0.05) is 19.8 Å². The van der Waals surface area contributed by atoms with Gasteiger partial charge in [-0.25, -0.2) is 9.78 Å². The Bertz CT molecular complexity index is 742. The lowest BCUT2D eigenvalue weighted by Crippen LogP contribution is -2.31. The summed E-state index contributed by atoms with van der Waals surface area (Å²) >= 11 is 0. The first-order valence-electron chi connectivity index (χ1n) is 7.62. The number of carbonyl (C=O) groups is 2. The lowest BCUT2D eigenvalue weighted by atomic mass is 10.1. The third kappa shape index (κ3) is 4.62. The molecule has 0 saturated heterocycles. The predicted octanol–water partition coefficient (Wildman–Crippen LogP) is 2.22. The van der Waals surface area contributed by atoms with Crippen molar-refractivity contribution < 1.29 is 14.3 Å². The quantitative estimate of drug-likeness (QED) is 0.787. The Morgan fingerprint density at radius 3 is 2.50 bits per heavy atom. The Hall–Kier alpha value is -2.76. The van der Waals surface area contributed by atoms with Gasteiger partial charge in [-0.3, -0.25) is 9.78 Å². The zero-order valence-corrected chi connectivity index (χ0v) is 14.4. The molecule has 1 aromatic carbocycles. The molecule has 2 rings (SSSR count). The van der Waals surface area contributed by atoms with Crippen LogP contribution >= 0.6 is 0 Å². The Morgan fingerprint density at radius 1 is 1.12 bits per heavy atom. The van der Waals surface area contributed by atoms with E-state index in [9.17, 15) is 9.59 Å². The number of ether oxygens (including phenoxy) is 1. The number of aryl methyl sites for hydroxylation is 3. The van der Waals surface area contributed by atoms with Gasteiger partial charge < -0.3 is 9.64 Å². The minimum absolute atomic E-state index is 0.0884. The van der Waals surface area contributed by atoms with Gasteiger partial charge in [0.15, 0.2) is 12.3 Å². The topological polar surface area (TPSA) is 72.4 Å². The smallest absolute Gasteiger partial charge is 0.359 e. The largest absolute Gasteiger partial charge is 0.451 e. The Labute approximate surface area is 141 Å². The van der Waals surface area contributed by atoms with Gasteiger partial charge in [0.1, 0.15) is 0 Å². The maximum atomic E-state index is 12.1. The van der Waals surface area contributed by atoms with E-state index in [1.807, 2.05) is 26.0 Å². The van der Waals surface area contributed by atoms with Crippen molar-refractivity contribution in [3.63, 3.8) is 0 Å². The van der Waals surface area contributed by atoms with E-state index < -0.39 is 5.97 Å².